The topological polar surface area (TPSA) is 384 Å². The summed E-state index contributed by atoms with van der Waals surface area (Å²) in [7, 11) is -16.4. The van der Waals surface area contributed by atoms with E-state index < -0.39 is 84.6 Å². The monoisotopic (exact) mass is 1130 g/mol. The third kappa shape index (κ3) is 13.7. The molecule has 74 heavy (non-hydrogen) atoms. The Labute approximate surface area is 434 Å². The number of phosphoric acid groups is 3. The van der Waals surface area contributed by atoms with Gasteiger partial charge in [0.15, 0.2) is 22.8 Å². The molecule has 418 valence electrons. The number of rotatable bonds is 23. The fourth-order valence-corrected chi connectivity index (χ4v) is 16.6. The Balaban J connectivity index is 0.774. The van der Waals surface area contributed by atoms with Crippen LogP contribution in [0.5, 0.6) is 0 Å². The highest BCUT2D eigenvalue weighted by atomic mass is 32.2. The van der Waals surface area contributed by atoms with Crippen LogP contribution >= 0.6 is 35.2 Å². The van der Waals surface area contributed by atoms with Crippen LogP contribution in [0, 0.1) is 51.8 Å². The maximum absolute atomic E-state index is 12.9. The molecule has 2 aromatic heterocycles. The van der Waals surface area contributed by atoms with E-state index in [2.05, 4.69) is 55.2 Å². The number of nitrogens with zero attached hydrogens (tertiary/aromatic N) is 4. The van der Waals surface area contributed by atoms with Crippen molar-refractivity contribution in [2.24, 2.45) is 51.8 Å². The summed E-state index contributed by atoms with van der Waals surface area (Å²) in [4.78, 5) is 89.7. The zero-order valence-corrected chi connectivity index (χ0v) is 45.8. The normalized spacial score (nSPS) is 33.6. The number of amides is 2. The number of nitrogens with two attached hydrogens (primary N) is 1. The second-order valence-corrected chi connectivity index (χ2v) is 27.5. The molecular formula is C45H74N7O18P3S. The summed E-state index contributed by atoms with van der Waals surface area (Å²) >= 11 is 1.18. The van der Waals surface area contributed by atoms with E-state index in [9.17, 15) is 63.0 Å². The zero-order valence-electron chi connectivity index (χ0n) is 42.3. The molecule has 4 saturated carbocycles. The van der Waals surface area contributed by atoms with Gasteiger partial charge in [-0.05, 0) is 111 Å². The number of aromatic nitrogens is 4. The van der Waals surface area contributed by atoms with E-state index in [0.29, 0.717) is 40.8 Å². The number of aliphatic hydroxyl groups excluding tert-OH is 3. The van der Waals surface area contributed by atoms with Gasteiger partial charge >= 0.3 is 23.5 Å². The molecule has 0 aromatic carbocycles. The van der Waals surface area contributed by atoms with Crippen LogP contribution in [0.15, 0.2) is 12.7 Å². The molecule has 11 N–H and O–H groups in total. The molecule has 1 saturated heterocycles. The number of nitrogens with one attached hydrogen (secondary N) is 2. The third-order valence-corrected chi connectivity index (χ3v) is 21.0. The van der Waals surface area contributed by atoms with E-state index in [1.165, 1.54) is 64.1 Å². The summed E-state index contributed by atoms with van der Waals surface area (Å²) in [6.07, 6.45) is 4.77. The molecule has 5 aliphatic rings. The lowest BCUT2D eigenvalue weighted by atomic mass is 9.44. The Morgan fingerprint density at radius 3 is 2.36 bits per heavy atom. The fraction of sp³-hybridized carbons (Fsp3) is 0.822. The fourth-order valence-electron chi connectivity index (χ4n) is 13.1. The first-order valence-electron chi connectivity index (χ1n) is 25.3. The number of thioether (sulfide) groups is 1. The van der Waals surface area contributed by atoms with Gasteiger partial charge in [-0.1, -0.05) is 46.4 Å². The minimum Gasteiger partial charge on any atom is -0.393 e. The summed E-state index contributed by atoms with van der Waals surface area (Å²) < 4.78 is 62.8. The lowest BCUT2D eigenvalue weighted by Crippen LogP contribution is -2.54. The molecule has 3 heterocycles. The van der Waals surface area contributed by atoms with Crippen molar-refractivity contribution < 1.29 is 85.6 Å². The first-order chi connectivity index (χ1) is 34.5. The number of carbonyl (C=O) groups excluding carboxylic acids is 3. The average Bonchev–Trinajstić information content (AvgIpc) is 4.00. The van der Waals surface area contributed by atoms with Gasteiger partial charge in [0.25, 0.3) is 0 Å². The van der Waals surface area contributed by atoms with E-state index in [1.807, 2.05) is 0 Å². The number of hydrogen-bond donors (Lipinski definition) is 10. The molecule has 0 bridgehead atoms. The second kappa shape index (κ2) is 23.5. The van der Waals surface area contributed by atoms with Crippen LogP contribution in [0.25, 0.3) is 11.2 Å². The first kappa shape index (κ1) is 59.2. The molecule has 3 unspecified atom stereocenters. The highest BCUT2D eigenvalue weighted by Gasteiger charge is 2.61. The van der Waals surface area contributed by atoms with Gasteiger partial charge in [0.05, 0.1) is 25.6 Å². The Bertz CT molecular complexity index is 2490. The number of aliphatic hydroxyl groups is 3. The van der Waals surface area contributed by atoms with Crippen LogP contribution in [0.3, 0.4) is 0 Å². The van der Waals surface area contributed by atoms with Gasteiger partial charge in [-0.25, -0.2) is 28.6 Å². The van der Waals surface area contributed by atoms with Crippen molar-refractivity contribution in [2.75, 3.05) is 37.8 Å². The molecule has 0 spiro atoms. The molecule has 5 fully saturated rings. The molecule has 16 atom stereocenters. The van der Waals surface area contributed by atoms with Crippen LogP contribution < -0.4 is 16.4 Å². The van der Waals surface area contributed by atoms with Crippen LogP contribution in [-0.2, 0) is 50.7 Å². The van der Waals surface area contributed by atoms with E-state index in [1.54, 1.807) is 0 Å². The minimum atomic E-state index is -5.59. The van der Waals surface area contributed by atoms with Crippen molar-refractivity contribution in [3.8, 4) is 0 Å². The Kier molecular flexibility index (Phi) is 18.8. The van der Waals surface area contributed by atoms with E-state index in [-0.39, 0.29) is 47.7 Å². The second-order valence-electron chi connectivity index (χ2n) is 22.1. The van der Waals surface area contributed by atoms with Crippen LogP contribution in [0.2, 0.25) is 0 Å². The number of nitrogen functional groups attached to an aromatic ring is 1. The third-order valence-electron chi connectivity index (χ3n) is 17.0. The molecule has 1 aliphatic heterocycles. The number of carbonyl (C=O) groups is 3. The lowest BCUT2D eigenvalue weighted by Gasteiger charge is -2.61. The van der Waals surface area contributed by atoms with Gasteiger partial charge in [0.2, 0.25) is 11.8 Å². The molecule has 2 amide bonds. The summed E-state index contributed by atoms with van der Waals surface area (Å²) in [5.74, 6) is 2.85. The Hall–Kier alpha value is -2.48. The van der Waals surface area contributed by atoms with Crippen molar-refractivity contribution in [2.45, 2.75) is 148 Å². The molecule has 4 aliphatic carbocycles. The van der Waals surface area contributed by atoms with E-state index >= 15 is 0 Å². The molecule has 0 radical (unpaired) electrons. The van der Waals surface area contributed by atoms with Gasteiger partial charge < -0.3 is 56.0 Å². The van der Waals surface area contributed by atoms with Crippen molar-refractivity contribution in [1.82, 2.24) is 30.2 Å². The number of hydrogen-bond acceptors (Lipinski definition) is 19. The summed E-state index contributed by atoms with van der Waals surface area (Å²) in [5, 5.41) is 37.3. The van der Waals surface area contributed by atoms with Gasteiger partial charge in [-0.15, -0.1) is 0 Å². The van der Waals surface area contributed by atoms with Crippen LogP contribution in [-0.4, -0.2) is 134 Å². The standard InChI is InChI=1S/C45H74N7O18P3S/c1-25(29-9-10-30-28-8-7-26-20-27(53)12-15-44(26,4)31(28)13-16-45(29,30)5)6-11-34(55)74-19-18-47-33(54)14-17-48-41(58)38(57)43(2,3)22-67-73(64,65)70-72(62,63)66-21-32-37(69-71(59,60)61)36(56)42(68-32)52-24-51-35-39(46)49-23-50-40(35)52/h23-32,36-38,42,53,56-57H,6-22H2,1-5H3,(H,47,54)(H,48,58)(H,62,63)(H,64,65)(H2,46,49,50)(H2,59,60,61)/t25-,26-,27-,28+,29?,30+,31+,32-,36-,37-,38+,42-,44+,45-/m1/s1. The van der Waals surface area contributed by atoms with Gasteiger partial charge in [-0.2, -0.15) is 4.31 Å². The first-order valence-corrected chi connectivity index (χ1v) is 30.8. The number of anilines is 1. The lowest BCUT2D eigenvalue weighted by molar-refractivity contribution is -0.137. The smallest absolute Gasteiger partial charge is 0.393 e. The van der Waals surface area contributed by atoms with Crippen molar-refractivity contribution in [3.05, 3.63) is 12.7 Å². The van der Waals surface area contributed by atoms with Crippen LogP contribution in [0.1, 0.15) is 118 Å². The maximum Gasteiger partial charge on any atom is 0.481 e. The zero-order chi connectivity index (χ0) is 54.2. The summed E-state index contributed by atoms with van der Waals surface area (Å²) in [6.45, 7) is 7.92. The Morgan fingerprint density at radius 2 is 1.64 bits per heavy atom. The molecule has 2 aromatic rings. The number of ether oxygens (including phenoxy) is 1. The number of imidazole rings is 1. The molecular weight excluding hydrogens is 1050 g/mol. The maximum atomic E-state index is 12.9. The number of fused-ring (bicyclic) bond motifs is 6. The van der Waals surface area contributed by atoms with Gasteiger partial charge in [0, 0.05) is 37.1 Å². The quantitative estimate of drug-likeness (QED) is 0.0553. The molecule has 25 nitrogen and oxygen atoms in total. The van der Waals surface area contributed by atoms with E-state index in [0.717, 1.165) is 60.7 Å². The summed E-state index contributed by atoms with van der Waals surface area (Å²) in [6, 6.07) is 0. The molecule has 29 heteroatoms. The van der Waals surface area contributed by atoms with Crippen molar-refractivity contribution >= 4 is 69.1 Å². The molecule has 7 rings (SSSR count). The summed E-state index contributed by atoms with van der Waals surface area (Å²) in [5.41, 5.74) is 4.93. The number of phosphoric ester groups is 3. The van der Waals surface area contributed by atoms with Crippen molar-refractivity contribution in [1.29, 1.82) is 0 Å². The van der Waals surface area contributed by atoms with E-state index in [4.69, 9.17) is 19.5 Å². The highest BCUT2D eigenvalue weighted by molar-refractivity contribution is 8.13. The largest absolute Gasteiger partial charge is 0.481 e. The van der Waals surface area contributed by atoms with Crippen LogP contribution in [0.4, 0.5) is 5.82 Å². The highest BCUT2D eigenvalue weighted by Crippen LogP contribution is 2.68. The minimum absolute atomic E-state index is 0.0326. The van der Waals surface area contributed by atoms with Gasteiger partial charge in [-0.3, -0.25) is 32.5 Å². The predicted octanol–water partition coefficient (Wildman–Crippen LogP) is 4.10. The van der Waals surface area contributed by atoms with Gasteiger partial charge in [0.1, 0.15) is 36.3 Å². The predicted molar refractivity (Wildman–Crippen MR) is 267 cm³/mol. The average molecular weight is 1130 g/mol. The Morgan fingerprint density at radius 1 is 0.932 bits per heavy atom. The SMILES string of the molecule is C[C@H](CCC(=O)SCCNC(=O)CCNC(=O)[C@H](O)C(C)(C)COP(=O)(O)OP(=O)(O)OC[C@H]1O[C@@H](n2cnc3c(N)ncnc32)[C@H](O)[C@@H]1OP(=O)(O)O)C1CC[C@H]2[C@@H]3CC[C@@H]4C[C@H](O)CC[C@]4(C)[C@H]3CC[C@]12C. The van der Waals surface area contributed by atoms with Crippen molar-refractivity contribution in [3.63, 3.8) is 0 Å².